The minimum Gasteiger partial charge on any atom is -0.497 e. The first-order valence-corrected chi connectivity index (χ1v) is 9.96. The molecule has 29 heavy (non-hydrogen) atoms. The first-order valence-electron chi connectivity index (χ1n) is 9.96. The molecular weight excluding hydrogens is 368 g/mol. The molecule has 2 aromatic carbocycles. The molecule has 1 aliphatic heterocycles. The number of amides is 1. The van der Waals surface area contributed by atoms with Gasteiger partial charge in [0.2, 0.25) is 0 Å². The lowest BCUT2D eigenvalue weighted by atomic mass is 9.88. The van der Waals surface area contributed by atoms with Crippen molar-refractivity contribution < 1.29 is 19.0 Å². The summed E-state index contributed by atoms with van der Waals surface area (Å²) in [6.45, 7) is 6.04. The maximum atomic E-state index is 12.9. The maximum absolute atomic E-state index is 12.9. The molecule has 156 valence electrons. The van der Waals surface area contributed by atoms with Crippen molar-refractivity contribution in [2.75, 3.05) is 34.4 Å². The number of hydrogen-bond donors (Lipinski definition) is 1. The average Bonchev–Trinajstić information content (AvgIpc) is 2.76. The van der Waals surface area contributed by atoms with Crippen LogP contribution in [0.3, 0.4) is 0 Å². The van der Waals surface area contributed by atoms with E-state index in [0.29, 0.717) is 17.1 Å². The van der Waals surface area contributed by atoms with Crippen molar-refractivity contribution in [3.8, 4) is 17.2 Å². The number of fused-ring (bicyclic) bond motifs is 1. The molecule has 1 aliphatic rings. The largest absolute Gasteiger partial charge is 0.497 e. The molecule has 6 heteroatoms. The Balaban J connectivity index is 1.90. The highest BCUT2D eigenvalue weighted by Crippen LogP contribution is 2.39. The summed E-state index contributed by atoms with van der Waals surface area (Å²) in [7, 11) is 4.90. The Hall–Kier alpha value is -2.73. The Kier molecular flexibility index (Phi) is 6.64. The van der Waals surface area contributed by atoms with Gasteiger partial charge in [-0.25, -0.2) is 0 Å². The summed E-state index contributed by atoms with van der Waals surface area (Å²) in [6.07, 6.45) is 0.941. The van der Waals surface area contributed by atoms with Gasteiger partial charge >= 0.3 is 0 Å². The molecule has 0 unspecified atom stereocenters. The highest BCUT2D eigenvalue weighted by atomic mass is 16.5. The van der Waals surface area contributed by atoms with Crippen LogP contribution in [0.5, 0.6) is 17.2 Å². The molecule has 0 fully saturated rings. The standard InChI is InChI=1S/C23H30N2O4/c1-6-25-11-10-16-13-20(28-4)21(29-5)14-19(16)22(25)15(2)24-23(26)17-8-7-9-18(12-17)27-3/h7-9,12-15,22H,6,10-11H2,1-5H3,(H,24,26)/t15-,22-/m1/s1. The first kappa shape index (κ1) is 21.0. The zero-order chi connectivity index (χ0) is 21.0. The summed E-state index contributed by atoms with van der Waals surface area (Å²) in [6, 6.07) is 11.3. The number of methoxy groups -OCH3 is 3. The molecule has 6 nitrogen and oxygen atoms in total. The van der Waals surface area contributed by atoms with Crippen molar-refractivity contribution in [3.05, 3.63) is 53.1 Å². The Morgan fingerprint density at radius 2 is 1.86 bits per heavy atom. The van der Waals surface area contributed by atoms with Crippen molar-refractivity contribution in [1.29, 1.82) is 0 Å². The third-order valence-electron chi connectivity index (χ3n) is 5.60. The van der Waals surface area contributed by atoms with Gasteiger partial charge < -0.3 is 19.5 Å². The van der Waals surface area contributed by atoms with Crippen LogP contribution in [-0.4, -0.2) is 51.3 Å². The smallest absolute Gasteiger partial charge is 0.251 e. The maximum Gasteiger partial charge on any atom is 0.251 e. The summed E-state index contributed by atoms with van der Waals surface area (Å²) in [5.41, 5.74) is 3.00. The Bertz CT molecular complexity index is 868. The van der Waals surface area contributed by atoms with Gasteiger partial charge in [0.25, 0.3) is 5.91 Å². The number of benzene rings is 2. The normalized spacial score (nSPS) is 17.2. The Labute approximate surface area is 172 Å². The highest BCUT2D eigenvalue weighted by molar-refractivity contribution is 5.94. The van der Waals surface area contributed by atoms with Crippen molar-refractivity contribution in [2.45, 2.75) is 32.4 Å². The number of nitrogens with zero attached hydrogens (tertiary/aromatic N) is 1. The number of ether oxygens (including phenoxy) is 3. The van der Waals surface area contributed by atoms with Gasteiger partial charge in [0.1, 0.15) is 5.75 Å². The molecule has 0 aromatic heterocycles. The predicted molar refractivity (Wildman–Crippen MR) is 113 cm³/mol. The van der Waals surface area contributed by atoms with Gasteiger partial charge in [-0.1, -0.05) is 13.0 Å². The fourth-order valence-electron chi connectivity index (χ4n) is 4.10. The predicted octanol–water partition coefficient (Wildman–Crippen LogP) is 3.45. The fourth-order valence-corrected chi connectivity index (χ4v) is 4.10. The third kappa shape index (κ3) is 4.32. The number of carbonyl (C=O) groups is 1. The van der Waals surface area contributed by atoms with E-state index in [4.69, 9.17) is 14.2 Å². The minimum atomic E-state index is -0.111. The van der Waals surface area contributed by atoms with E-state index >= 15 is 0 Å². The summed E-state index contributed by atoms with van der Waals surface area (Å²) in [4.78, 5) is 15.3. The van der Waals surface area contributed by atoms with E-state index in [-0.39, 0.29) is 18.0 Å². The van der Waals surface area contributed by atoms with E-state index in [9.17, 15) is 4.79 Å². The molecule has 0 radical (unpaired) electrons. The molecule has 0 saturated heterocycles. The lowest BCUT2D eigenvalue weighted by Crippen LogP contribution is -2.47. The van der Waals surface area contributed by atoms with Gasteiger partial charge in [0, 0.05) is 18.2 Å². The topological polar surface area (TPSA) is 60.0 Å². The van der Waals surface area contributed by atoms with Crippen LogP contribution in [0.2, 0.25) is 0 Å². The van der Waals surface area contributed by atoms with Gasteiger partial charge in [-0.3, -0.25) is 9.69 Å². The number of rotatable bonds is 7. The molecule has 0 aliphatic carbocycles. The molecule has 1 N–H and O–H groups in total. The molecule has 1 heterocycles. The van der Waals surface area contributed by atoms with Gasteiger partial charge in [-0.15, -0.1) is 0 Å². The van der Waals surface area contributed by atoms with E-state index in [1.165, 1.54) is 11.1 Å². The molecule has 2 aromatic rings. The molecule has 0 bridgehead atoms. The van der Waals surface area contributed by atoms with Crippen LogP contribution in [0.25, 0.3) is 0 Å². The zero-order valence-electron chi connectivity index (χ0n) is 17.8. The van der Waals surface area contributed by atoms with Crippen LogP contribution in [0.4, 0.5) is 0 Å². The quantitative estimate of drug-likeness (QED) is 0.774. The Morgan fingerprint density at radius 1 is 1.14 bits per heavy atom. The van der Waals surface area contributed by atoms with Crippen molar-refractivity contribution >= 4 is 5.91 Å². The van der Waals surface area contributed by atoms with Crippen LogP contribution in [0, 0.1) is 0 Å². The molecule has 0 saturated carbocycles. The number of carbonyl (C=O) groups excluding carboxylic acids is 1. The SMILES string of the molecule is CCN1CCc2cc(OC)c(OC)cc2[C@H]1[C@@H](C)NC(=O)c1cccc(OC)c1. The molecule has 1 amide bonds. The molecule has 3 rings (SSSR count). The second-order valence-corrected chi connectivity index (χ2v) is 7.22. The summed E-state index contributed by atoms with van der Waals surface area (Å²) < 4.78 is 16.2. The second kappa shape index (κ2) is 9.18. The van der Waals surface area contributed by atoms with E-state index in [1.54, 1.807) is 33.5 Å². The average molecular weight is 399 g/mol. The molecule has 0 spiro atoms. The first-order chi connectivity index (χ1) is 14.0. The summed E-state index contributed by atoms with van der Waals surface area (Å²) >= 11 is 0. The van der Waals surface area contributed by atoms with E-state index < -0.39 is 0 Å². The number of hydrogen-bond acceptors (Lipinski definition) is 5. The Morgan fingerprint density at radius 3 is 2.52 bits per heavy atom. The second-order valence-electron chi connectivity index (χ2n) is 7.22. The lowest BCUT2D eigenvalue weighted by molar-refractivity contribution is 0.0889. The van der Waals surface area contributed by atoms with Gasteiger partial charge in [0.05, 0.1) is 27.4 Å². The number of nitrogens with one attached hydrogen (secondary N) is 1. The lowest BCUT2D eigenvalue weighted by Gasteiger charge is -2.40. The summed E-state index contributed by atoms with van der Waals surface area (Å²) in [5, 5.41) is 3.18. The third-order valence-corrected chi connectivity index (χ3v) is 5.60. The van der Waals surface area contributed by atoms with Crippen LogP contribution in [0.1, 0.15) is 41.4 Å². The molecular formula is C23H30N2O4. The van der Waals surface area contributed by atoms with E-state index in [2.05, 4.69) is 36.2 Å². The van der Waals surface area contributed by atoms with Crippen molar-refractivity contribution in [3.63, 3.8) is 0 Å². The monoisotopic (exact) mass is 398 g/mol. The van der Waals surface area contributed by atoms with Crippen LogP contribution >= 0.6 is 0 Å². The number of likely N-dealkylation sites (N-methyl/N-ethyl adjacent to an activating group) is 1. The zero-order valence-corrected chi connectivity index (χ0v) is 17.8. The molecule has 2 atom stereocenters. The van der Waals surface area contributed by atoms with E-state index in [1.807, 2.05) is 12.1 Å². The van der Waals surface area contributed by atoms with Crippen molar-refractivity contribution in [1.82, 2.24) is 10.2 Å². The van der Waals surface area contributed by atoms with Gasteiger partial charge in [-0.05, 0) is 61.3 Å². The van der Waals surface area contributed by atoms with Crippen LogP contribution in [-0.2, 0) is 6.42 Å². The van der Waals surface area contributed by atoms with E-state index in [0.717, 1.165) is 25.3 Å². The fraction of sp³-hybridized carbons (Fsp3) is 0.435. The highest BCUT2D eigenvalue weighted by Gasteiger charge is 2.33. The van der Waals surface area contributed by atoms with Crippen LogP contribution in [0.15, 0.2) is 36.4 Å². The van der Waals surface area contributed by atoms with Gasteiger partial charge in [-0.2, -0.15) is 0 Å². The van der Waals surface area contributed by atoms with Crippen molar-refractivity contribution in [2.24, 2.45) is 0 Å². The van der Waals surface area contributed by atoms with Gasteiger partial charge in [0.15, 0.2) is 11.5 Å². The summed E-state index contributed by atoms with van der Waals surface area (Å²) in [5.74, 6) is 2.00. The minimum absolute atomic E-state index is 0.0538. The van der Waals surface area contributed by atoms with Crippen LogP contribution < -0.4 is 19.5 Å².